The Hall–Kier alpha value is -1.92. The molecule has 0 radical (unpaired) electrons. The van der Waals surface area contributed by atoms with E-state index in [1.165, 1.54) is 0 Å². The molecule has 1 unspecified atom stereocenters. The molecule has 1 aromatic carbocycles. The fraction of sp³-hybridized carbons (Fsp3) is 0.429. The molecule has 0 aliphatic rings. The molecule has 20 heavy (non-hydrogen) atoms. The molecule has 0 aliphatic carbocycles. The average Bonchev–Trinajstić information content (AvgIpc) is 2.87. The van der Waals surface area contributed by atoms with Gasteiger partial charge in [-0.3, -0.25) is 0 Å². The van der Waals surface area contributed by atoms with Gasteiger partial charge in [0.2, 0.25) is 5.89 Å². The minimum atomic E-state index is -0.238. The van der Waals surface area contributed by atoms with Gasteiger partial charge in [0.05, 0.1) is 19.6 Å². The Kier molecular flexibility index (Phi) is 4.70. The van der Waals surface area contributed by atoms with E-state index in [1.807, 2.05) is 43.3 Å². The second-order valence-corrected chi connectivity index (χ2v) is 4.94. The van der Waals surface area contributed by atoms with Crippen LogP contribution in [0.3, 0.4) is 0 Å². The highest BCUT2D eigenvalue weighted by Crippen LogP contribution is 2.15. The van der Waals surface area contributed by atoms with Crippen molar-refractivity contribution in [3.63, 3.8) is 0 Å². The van der Waals surface area contributed by atoms with Crippen LogP contribution in [-0.4, -0.2) is 42.8 Å². The first kappa shape index (κ1) is 14.5. The van der Waals surface area contributed by atoms with Gasteiger partial charge in [-0.25, -0.2) is 0 Å². The van der Waals surface area contributed by atoms with Gasteiger partial charge in [0.15, 0.2) is 5.82 Å². The van der Waals surface area contributed by atoms with Crippen molar-refractivity contribution >= 4 is 0 Å². The standard InChI is InChI=1S/C14H20N4O2/c1-18(2)9-12(15)14-16-13(20-17-14)8-10-4-6-11(19-3)7-5-10/h4-7,12H,8-9,15H2,1-3H3. The van der Waals surface area contributed by atoms with Crippen LogP contribution in [0.1, 0.15) is 23.3 Å². The Morgan fingerprint density at radius 1 is 1.30 bits per heavy atom. The van der Waals surface area contributed by atoms with Crippen molar-refractivity contribution in [2.45, 2.75) is 12.5 Å². The molecule has 1 heterocycles. The normalized spacial score (nSPS) is 12.7. The van der Waals surface area contributed by atoms with Crippen molar-refractivity contribution in [2.75, 3.05) is 27.7 Å². The number of benzene rings is 1. The quantitative estimate of drug-likeness (QED) is 0.855. The van der Waals surface area contributed by atoms with Gasteiger partial charge >= 0.3 is 0 Å². The first-order valence-corrected chi connectivity index (χ1v) is 6.44. The number of nitrogens with zero attached hydrogens (tertiary/aromatic N) is 3. The van der Waals surface area contributed by atoms with Crippen LogP contribution in [0.25, 0.3) is 0 Å². The highest BCUT2D eigenvalue weighted by Gasteiger charge is 2.15. The highest BCUT2D eigenvalue weighted by atomic mass is 16.5. The molecule has 2 aromatic rings. The Balaban J connectivity index is 2.01. The summed E-state index contributed by atoms with van der Waals surface area (Å²) in [5, 5.41) is 3.94. The Labute approximate surface area is 118 Å². The minimum absolute atomic E-state index is 0.238. The zero-order valence-electron chi connectivity index (χ0n) is 12.0. The number of likely N-dealkylation sites (N-methyl/N-ethyl adjacent to an activating group) is 1. The second kappa shape index (κ2) is 6.49. The summed E-state index contributed by atoms with van der Waals surface area (Å²) < 4.78 is 10.4. The minimum Gasteiger partial charge on any atom is -0.497 e. The van der Waals surface area contributed by atoms with Gasteiger partial charge in [-0.1, -0.05) is 17.3 Å². The van der Waals surface area contributed by atoms with Crippen molar-refractivity contribution in [2.24, 2.45) is 5.73 Å². The lowest BCUT2D eigenvalue weighted by molar-refractivity contribution is 0.348. The van der Waals surface area contributed by atoms with E-state index >= 15 is 0 Å². The van der Waals surface area contributed by atoms with E-state index in [-0.39, 0.29) is 6.04 Å². The third-order valence-corrected chi connectivity index (χ3v) is 2.89. The van der Waals surface area contributed by atoms with Crippen molar-refractivity contribution in [3.05, 3.63) is 41.5 Å². The fourth-order valence-electron chi connectivity index (χ4n) is 1.88. The second-order valence-electron chi connectivity index (χ2n) is 4.94. The maximum absolute atomic E-state index is 6.00. The smallest absolute Gasteiger partial charge is 0.231 e. The molecule has 1 aromatic heterocycles. The Morgan fingerprint density at radius 2 is 2.00 bits per heavy atom. The van der Waals surface area contributed by atoms with E-state index in [2.05, 4.69) is 10.1 Å². The molecule has 0 fully saturated rings. The van der Waals surface area contributed by atoms with Crippen molar-refractivity contribution < 1.29 is 9.26 Å². The van der Waals surface area contributed by atoms with Gasteiger partial charge in [0.1, 0.15) is 5.75 Å². The first-order chi connectivity index (χ1) is 9.58. The molecule has 0 amide bonds. The van der Waals surface area contributed by atoms with Crippen molar-refractivity contribution in [3.8, 4) is 5.75 Å². The summed E-state index contributed by atoms with van der Waals surface area (Å²) in [6.07, 6.45) is 0.589. The summed E-state index contributed by atoms with van der Waals surface area (Å²) in [6, 6.07) is 7.53. The van der Waals surface area contributed by atoms with Crippen molar-refractivity contribution in [1.29, 1.82) is 0 Å². The predicted octanol–water partition coefficient (Wildman–Crippen LogP) is 1.23. The van der Waals surface area contributed by atoms with E-state index in [4.69, 9.17) is 15.0 Å². The fourth-order valence-corrected chi connectivity index (χ4v) is 1.88. The third-order valence-electron chi connectivity index (χ3n) is 2.89. The van der Waals surface area contributed by atoms with E-state index in [0.29, 0.717) is 24.7 Å². The number of hydrogen-bond acceptors (Lipinski definition) is 6. The van der Waals surface area contributed by atoms with Gasteiger partial charge in [-0.05, 0) is 31.8 Å². The van der Waals surface area contributed by atoms with Gasteiger partial charge in [0.25, 0.3) is 0 Å². The molecular formula is C14H20N4O2. The molecule has 0 saturated carbocycles. The van der Waals surface area contributed by atoms with Crippen LogP contribution in [-0.2, 0) is 6.42 Å². The molecule has 0 spiro atoms. The summed E-state index contributed by atoms with van der Waals surface area (Å²) in [7, 11) is 5.56. The molecule has 0 saturated heterocycles. The number of rotatable bonds is 6. The topological polar surface area (TPSA) is 77.4 Å². The van der Waals surface area contributed by atoms with Crippen LogP contribution in [0.4, 0.5) is 0 Å². The third kappa shape index (κ3) is 3.79. The van der Waals surface area contributed by atoms with E-state index < -0.39 is 0 Å². The SMILES string of the molecule is COc1ccc(Cc2nc(C(N)CN(C)C)no2)cc1. The summed E-state index contributed by atoms with van der Waals surface area (Å²) >= 11 is 0. The number of methoxy groups -OCH3 is 1. The van der Waals surface area contributed by atoms with Gasteiger partial charge in [0, 0.05) is 6.54 Å². The largest absolute Gasteiger partial charge is 0.497 e. The summed E-state index contributed by atoms with van der Waals surface area (Å²) in [6.45, 7) is 0.682. The molecule has 6 heteroatoms. The lowest BCUT2D eigenvalue weighted by Crippen LogP contribution is -2.26. The monoisotopic (exact) mass is 276 g/mol. The lowest BCUT2D eigenvalue weighted by Gasteiger charge is -2.12. The zero-order valence-corrected chi connectivity index (χ0v) is 12.0. The molecule has 108 valence electrons. The van der Waals surface area contributed by atoms with E-state index in [9.17, 15) is 0 Å². The van der Waals surface area contributed by atoms with Crippen LogP contribution >= 0.6 is 0 Å². The van der Waals surface area contributed by atoms with Gasteiger partial charge in [-0.15, -0.1) is 0 Å². The number of nitrogens with two attached hydrogens (primary N) is 1. The van der Waals surface area contributed by atoms with Crippen LogP contribution in [0.15, 0.2) is 28.8 Å². The van der Waals surface area contributed by atoms with Gasteiger partial charge < -0.3 is 19.9 Å². The van der Waals surface area contributed by atoms with Crippen LogP contribution in [0.5, 0.6) is 5.75 Å². The molecule has 2 N–H and O–H groups in total. The molecule has 6 nitrogen and oxygen atoms in total. The summed E-state index contributed by atoms with van der Waals surface area (Å²) in [5.74, 6) is 1.94. The van der Waals surface area contributed by atoms with Crippen LogP contribution < -0.4 is 10.5 Å². The van der Waals surface area contributed by atoms with Crippen molar-refractivity contribution in [1.82, 2.24) is 15.0 Å². The maximum Gasteiger partial charge on any atom is 0.231 e. The summed E-state index contributed by atoms with van der Waals surface area (Å²) in [4.78, 5) is 6.33. The average molecular weight is 276 g/mol. The van der Waals surface area contributed by atoms with Crippen LogP contribution in [0.2, 0.25) is 0 Å². The number of aromatic nitrogens is 2. The number of hydrogen-bond donors (Lipinski definition) is 1. The van der Waals surface area contributed by atoms with Crippen LogP contribution in [0, 0.1) is 0 Å². The molecule has 1 atom stereocenters. The predicted molar refractivity (Wildman–Crippen MR) is 75.6 cm³/mol. The van der Waals surface area contributed by atoms with Gasteiger partial charge in [-0.2, -0.15) is 4.98 Å². The molecule has 0 bridgehead atoms. The number of ether oxygens (including phenoxy) is 1. The highest BCUT2D eigenvalue weighted by molar-refractivity contribution is 5.28. The first-order valence-electron chi connectivity index (χ1n) is 6.44. The molecule has 0 aliphatic heterocycles. The van der Waals surface area contributed by atoms with E-state index in [0.717, 1.165) is 11.3 Å². The zero-order chi connectivity index (χ0) is 14.5. The van der Waals surface area contributed by atoms with E-state index in [1.54, 1.807) is 7.11 Å². The molecule has 2 rings (SSSR count). The maximum atomic E-state index is 6.00. The molecular weight excluding hydrogens is 256 g/mol. The lowest BCUT2D eigenvalue weighted by atomic mass is 10.1. The Morgan fingerprint density at radius 3 is 2.60 bits per heavy atom. The Bertz CT molecular complexity index is 536. The summed E-state index contributed by atoms with van der Waals surface area (Å²) in [5.41, 5.74) is 7.08.